The van der Waals surface area contributed by atoms with Crippen molar-refractivity contribution in [1.29, 1.82) is 0 Å². The summed E-state index contributed by atoms with van der Waals surface area (Å²) >= 11 is 17.2. The summed E-state index contributed by atoms with van der Waals surface area (Å²) in [5.74, 6) is -0.764. The van der Waals surface area contributed by atoms with E-state index in [1.54, 1.807) is 12.2 Å². The van der Waals surface area contributed by atoms with Gasteiger partial charge in [-0.25, -0.2) is 0 Å². The van der Waals surface area contributed by atoms with E-state index in [2.05, 4.69) is 56.9 Å². The molecule has 0 saturated carbocycles. The summed E-state index contributed by atoms with van der Waals surface area (Å²) in [6.45, 7) is 10.9. The molecule has 0 saturated heterocycles. The van der Waals surface area contributed by atoms with E-state index in [1.807, 2.05) is 42.5 Å². The summed E-state index contributed by atoms with van der Waals surface area (Å²) in [4.78, 5) is 12.2. The molecule has 0 spiro atoms. The molecule has 0 aliphatic carbocycles. The van der Waals surface area contributed by atoms with Crippen molar-refractivity contribution in [2.75, 3.05) is 13.2 Å². The molecule has 1 N–H and O–H groups in total. The van der Waals surface area contributed by atoms with Gasteiger partial charge in [0.1, 0.15) is 6.10 Å². The quantitative estimate of drug-likeness (QED) is 0.266. The first kappa shape index (κ1) is 28.9. The Balaban J connectivity index is 1.89. The largest absolute Gasteiger partial charge is 0.404 e. The molecule has 0 fully saturated rings. The molecule has 1 aliphatic rings. The van der Waals surface area contributed by atoms with Gasteiger partial charge in [-0.15, -0.1) is 6.58 Å². The van der Waals surface area contributed by atoms with Crippen LogP contribution in [-0.2, 0) is 18.7 Å². The zero-order chi connectivity index (χ0) is 26.4. The summed E-state index contributed by atoms with van der Waals surface area (Å²) in [6.07, 6.45) is 4.00. The number of carbonyl (C=O) groups excluding carboxylic acids is 1. The minimum absolute atomic E-state index is 0.173. The van der Waals surface area contributed by atoms with E-state index >= 15 is 0 Å². The molecule has 3 rings (SSSR count). The highest BCUT2D eigenvalue weighted by Gasteiger charge is 2.50. The van der Waals surface area contributed by atoms with E-state index in [0.717, 1.165) is 0 Å². The van der Waals surface area contributed by atoms with Crippen LogP contribution in [-0.4, -0.2) is 49.7 Å². The maximum Gasteiger partial charge on any atom is 0.272 e. The topological polar surface area (TPSA) is 56.8 Å². The molecule has 0 radical (unpaired) electrons. The van der Waals surface area contributed by atoms with Crippen molar-refractivity contribution < 1.29 is 18.7 Å². The summed E-state index contributed by atoms with van der Waals surface area (Å²) in [5.41, 5.74) is 0. The van der Waals surface area contributed by atoms with Gasteiger partial charge in [-0.1, -0.05) is 134 Å². The number of hydrogen-bond acceptors (Lipinski definition) is 4. The smallest absolute Gasteiger partial charge is 0.272 e. The maximum atomic E-state index is 12.2. The second-order valence-corrected chi connectivity index (χ2v) is 16.1. The molecule has 2 aromatic rings. The molecule has 9 heteroatoms. The van der Waals surface area contributed by atoms with Crippen LogP contribution in [0.3, 0.4) is 0 Å². The van der Waals surface area contributed by atoms with Crippen molar-refractivity contribution in [3.63, 3.8) is 0 Å². The van der Waals surface area contributed by atoms with Crippen LogP contribution in [0.5, 0.6) is 0 Å². The zero-order valence-corrected chi connectivity index (χ0v) is 23.9. The number of ether oxygens (including phenoxy) is 2. The zero-order valence-electron chi connectivity index (χ0n) is 20.6. The van der Waals surface area contributed by atoms with Crippen molar-refractivity contribution in [2.45, 2.75) is 48.0 Å². The normalized spacial score (nSPS) is 20.7. The van der Waals surface area contributed by atoms with Gasteiger partial charge in [0.2, 0.25) is 0 Å². The fraction of sp³-hybridized carbons (Fsp3) is 0.370. The van der Waals surface area contributed by atoms with Crippen LogP contribution in [0.1, 0.15) is 20.8 Å². The van der Waals surface area contributed by atoms with Crippen LogP contribution in [0, 0.1) is 0 Å². The molecule has 5 nitrogen and oxygen atoms in total. The van der Waals surface area contributed by atoms with Crippen molar-refractivity contribution >= 4 is 59.4 Å². The first-order valence-corrected chi connectivity index (χ1v) is 14.7. The highest BCUT2D eigenvalue weighted by atomic mass is 35.6. The van der Waals surface area contributed by atoms with E-state index in [4.69, 9.17) is 48.7 Å². The van der Waals surface area contributed by atoms with E-state index < -0.39 is 36.5 Å². The lowest BCUT2D eigenvalue weighted by atomic mass is 10.1. The van der Waals surface area contributed by atoms with E-state index in [1.165, 1.54) is 10.4 Å². The third-order valence-electron chi connectivity index (χ3n) is 5.95. The highest BCUT2D eigenvalue weighted by molar-refractivity contribution is 6.99. The monoisotopic (exact) mass is 567 g/mol. The van der Waals surface area contributed by atoms with Crippen LogP contribution in [0.15, 0.2) is 85.5 Å². The molecule has 2 aromatic carbocycles. The van der Waals surface area contributed by atoms with Gasteiger partial charge in [-0.05, 0) is 15.4 Å². The number of benzene rings is 2. The second-order valence-electron chi connectivity index (χ2n) is 9.52. The highest BCUT2D eigenvalue weighted by Crippen LogP contribution is 2.37. The maximum absolute atomic E-state index is 12.2. The van der Waals surface area contributed by atoms with Crippen LogP contribution in [0.2, 0.25) is 5.04 Å². The molecule has 36 heavy (non-hydrogen) atoms. The van der Waals surface area contributed by atoms with Crippen molar-refractivity contribution in [2.24, 2.45) is 0 Å². The van der Waals surface area contributed by atoms with Gasteiger partial charge in [-0.2, -0.15) is 0 Å². The Kier molecular flexibility index (Phi) is 9.85. The van der Waals surface area contributed by atoms with Gasteiger partial charge < -0.3 is 19.2 Å². The number of carbonyl (C=O) groups is 1. The number of hydrogen-bond donors (Lipinski definition) is 1. The Morgan fingerprint density at radius 1 is 1.03 bits per heavy atom. The predicted molar refractivity (Wildman–Crippen MR) is 150 cm³/mol. The third kappa shape index (κ3) is 6.81. The Hall–Kier alpha value is -1.64. The third-order valence-corrected chi connectivity index (χ3v) is 11.5. The van der Waals surface area contributed by atoms with Gasteiger partial charge in [0.05, 0.1) is 19.3 Å². The van der Waals surface area contributed by atoms with Gasteiger partial charge in [0.25, 0.3) is 18.0 Å². The fourth-order valence-corrected chi connectivity index (χ4v) is 9.09. The first-order valence-electron chi connectivity index (χ1n) is 11.7. The molecule has 3 atom stereocenters. The molecule has 0 unspecified atom stereocenters. The summed E-state index contributed by atoms with van der Waals surface area (Å²) < 4.78 is 16.8. The molecule has 1 aliphatic heterocycles. The fourth-order valence-electron chi connectivity index (χ4n) is 4.36. The Morgan fingerprint density at radius 2 is 1.58 bits per heavy atom. The number of rotatable bonds is 9. The van der Waals surface area contributed by atoms with Crippen LogP contribution < -0.4 is 15.7 Å². The first-order chi connectivity index (χ1) is 17.0. The predicted octanol–water partition coefficient (Wildman–Crippen LogP) is 4.90. The summed E-state index contributed by atoms with van der Waals surface area (Å²) in [5, 5.41) is 4.83. The molecular weight excluding hydrogens is 537 g/mol. The van der Waals surface area contributed by atoms with Crippen LogP contribution in [0.25, 0.3) is 0 Å². The van der Waals surface area contributed by atoms with Crippen molar-refractivity contribution in [3.8, 4) is 0 Å². The Labute approximate surface area is 229 Å². The van der Waals surface area contributed by atoms with E-state index in [-0.39, 0.29) is 11.6 Å². The molecule has 194 valence electrons. The molecule has 0 aromatic heterocycles. The molecule has 0 bridgehead atoms. The number of nitrogens with one attached hydrogen (secondary N) is 1. The Morgan fingerprint density at radius 3 is 2.06 bits per heavy atom. The minimum Gasteiger partial charge on any atom is -0.404 e. The van der Waals surface area contributed by atoms with Crippen LogP contribution in [0.4, 0.5) is 0 Å². The average molecular weight is 569 g/mol. The number of alkyl halides is 3. The lowest BCUT2D eigenvalue weighted by Gasteiger charge is -2.44. The molecule has 1 heterocycles. The number of halogens is 3. The van der Waals surface area contributed by atoms with Gasteiger partial charge >= 0.3 is 0 Å². The summed E-state index contributed by atoms with van der Waals surface area (Å²) in [7, 11) is -2.74. The second kappa shape index (κ2) is 12.3. The van der Waals surface area contributed by atoms with Gasteiger partial charge in [-0.3, -0.25) is 4.79 Å². The van der Waals surface area contributed by atoms with Crippen LogP contribution >= 0.6 is 34.8 Å². The van der Waals surface area contributed by atoms with E-state index in [9.17, 15) is 4.79 Å². The standard InChI is InChI=1S/C27H32Cl3NO4Si/c1-5-18-33-24-23(31-25(32)27(28,29)30)17-16-20(35-24)19-34-36(26(2,3)4,21-12-8-6-9-13-21)22-14-10-7-11-15-22/h5-17,20,23-24H,1,18-19H2,2-4H3,(H,31,32)/t20-,23-,24-/m0/s1. The van der Waals surface area contributed by atoms with Gasteiger partial charge in [0, 0.05) is 0 Å². The average Bonchev–Trinajstić information content (AvgIpc) is 2.84. The van der Waals surface area contributed by atoms with Gasteiger partial charge in [0.15, 0.2) is 6.29 Å². The Bertz CT molecular complexity index is 999. The SMILES string of the molecule is C=CCO[C@H]1O[C@H](CO[Si](c2ccccc2)(c2ccccc2)C(C)(C)C)C=C[C@@H]1NC(=O)C(Cl)(Cl)Cl. The van der Waals surface area contributed by atoms with Crippen molar-refractivity contribution in [3.05, 3.63) is 85.5 Å². The lowest BCUT2D eigenvalue weighted by Crippen LogP contribution is -2.67. The van der Waals surface area contributed by atoms with E-state index in [0.29, 0.717) is 6.61 Å². The van der Waals surface area contributed by atoms with Crippen molar-refractivity contribution in [1.82, 2.24) is 5.32 Å². The minimum atomic E-state index is -2.74. The molecule has 1 amide bonds. The number of amides is 1. The lowest BCUT2D eigenvalue weighted by molar-refractivity contribution is -0.176. The molecular formula is C27H32Cl3NO4Si. The summed E-state index contributed by atoms with van der Waals surface area (Å²) in [6, 6.07) is 20.1.